The molecule has 10 heteroatoms. The van der Waals surface area contributed by atoms with Crippen LogP contribution in [0.3, 0.4) is 0 Å². The van der Waals surface area contributed by atoms with E-state index >= 15 is 0 Å². The Labute approximate surface area is 176 Å². The number of hydrogen-bond donors (Lipinski definition) is 0. The Hall–Kier alpha value is -2.10. The van der Waals surface area contributed by atoms with Crippen molar-refractivity contribution in [1.82, 2.24) is 0 Å². The van der Waals surface area contributed by atoms with Gasteiger partial charge in [-0.25, -0.2) is 12.8 Å². The minimum absolute atomic E-state index is 0.00348. The molecule has 2 atom stereocenters. The number of carbonyl (C=O) groups excluding carboxylic acids is 1. The van der Waals surface area contributed by atoms with Gasteiger partial charge in [0.1, 0.15) is 11.6 Å². The number of ether oxygens (including phenoxy) is 1. The third-order valence-corrected chi connectivity index (χ3v) is 8.28. The van der Waals surface area contributed by atoms with Crippen LogP contribution in [0.15, 0.2) is 47.5 Å². The van der Waals surface area contributed by atoms with Crippen LogP contribution in [0.25, 0.3) is 0 Å². The Balaban J connectivity index is 1.71. The number of anilines is 1. The summed E-state index contributed by atoms with van der Waals surface area (Å²) < 4.78 is 42.9. The zero-order valence-corrected chi connectivity index (χ0v) is 17.6. The van der Waals surface area contributed by atoms with Gasteiger partial charge in [-0.15, -0.1) is 0 Å². The molecule has 2 heterocycles. The first-order valence-electron chi connectivity index (χ1n) is 8.66. The van der Waals surface area contributed by atoms with Gasteiger partial charge in [-0.2, -0.15) is 4.99 Å². The summed E-state index contributed by atoms with van der Waals surface area (Å²) in [5, 5.41) is 0.0299. The fraction of sp³-hybridized carbons (Fsp3) is 0.263. The van der Waals surface area contributed by atoms with Crippen LogP contribution in [0.2, 0.25) is 5.02 Å². The second-order valence-electron chi connectivity index (χ2n) is 6.70. The van der Waals surface area contributed by atoms with Crippen LogP contribution < -0.4 is 9.64 Å². The van der Waals surface area contributed by atoms with Crippen molar-refractivity contribution < 1.29 is 22.3 Å². The molecule has 0 aromatic heterocycles. The van der Waals surface area contributed by atoms with Crippen molar-refractivity contribution in [2.75, 3.05) is 23.5 Å². The standard InChI is InChI=1S/C19H16ClFN2O4S2/c1-27-13-5-2-11(3-6-13)18(24)22-19-23(12-4-7-15(21)14(20)8-12)16-9-29(25,26)10-17(16)28-19/h2-8,16-17H,9-10H2,1H3/t16-,17+/m0/s1. The van der Waals surface area contributed by atoms with Crippen LogP contribution in [0, 0.1) is 5.82 Å². The number of nitrogens with zero attached hydrogens (tertiary/aromatic N) is 2. The Morgan fingerprint density at radius 1 is 1.24 bits per heavy atom. The topological polar surface area (TPSA) is 76.0 Å². The van der Waals surface area contributed by atoms with Gasteiger partial charge in [0.15, 0.2) is 15.0 Å². The number of sulfone groups is 1. The average Bonchev–Trinajstić information content (AvgIpc) is 3.15. The van der Waals surface area contributed by atoms with E-state index in [1.165, 1.54) is 37.1 Å². The SMILES string of the molecule is COc1ccc(C(=O)N=C2S[C@@H]3CS(=O)(=O)C[C@@H]3N2c2ccc(F)c(Cl)c2)cc1. The van der Waals surface area contributed by atoms with Crippen molar-refractivity contribution in [3.8, 4) is 5.75 Å². The van der Waals surface area contributed by atoms with Crippen molar-refractivity contribution in [2.24, 2.45) is 4.99 Å². The van der Waals surface area contributed by atoms with Gasteiger partial charge >= 0.3 is 0 Å². The fourth-order valence-electron chi connectivity index (χ4n) is 3.39. The lowest BCUT2D eigenvalue weighted by Crippen LogP contribution is -2.37. The largest absolute Gasteiger partial charge is 0.497 e. The molecule has 4 rings (SSSR count). The second-order valence-corrected chi connectivity index (χ2v) is 10.5. The molecule has 0 aliphatic carbocycles. The third kappa shape index (κ3) is 3.99. The van der Waals surface area contributed by atoms with Crippen LogP contribution >= 0.6 is 23.4 Å². The molecule has 2 aromatic carbocycles. The monoisotopic (exact) mass is 454 g/mol. The Bertz CT molecular complexity index is 1110. The number of halogens is 2. The Kier molecular flexibility index (Phi) is 5.30. The minimum atomic E-state index is -3.20. The molecule has 0 unspecified atom stereocenters. The van der Waals surface area contributed by atoms with Crippen molar-refractivity contribution >= 4 is 50.0 Å². The molecule has 2 aromatic rings. The molecule has 152 valence electrons. The molecule has 0 spiro atoms. The van der Waals surface area contributed by atoms with Crippen molar-refractivity contribution in [3.05, 3.63) is 58.9 Å². The highest BCUT2D eigenvalue weighted by molar-refractivity contribution is 8.16. The number of rotatable bonds is 3. The van der Waals surface area contributed by atoms with Gasteiger partial charge in [-0.3, -0.25) is 4.79 Å². The average molecular weight is 455 g/mol. The highest BCUT2D eigenvalue weighted by Gasteiger charge is 2.49. The zero-order chi connectivity index (χ0) is 20.8. The molecular weight excluding hydrogens is 439 g/mol. The Morgan fingerprint density at radius 3 is 2.62 bits per heavy atom. The van der Waals surface area contributed by atoms with Gasteiger partial charge in [0.25, 0.3) is 5.91 Å². The first-order valence-corrected chi connectivity index (χ1v) is 11.7. The lowest BCUT2D eigenvalue weighted by Gasteiger charge is -2.24. The molecule has 0 N–H and O–H groups in total. The highest BCUT2D eigenvalue weighted by Crippen LogP contribution is 2.41. The molecule has 0 saturated carbocycles. The number of thioether (sulfide) groups is 1. The first-order chi connectivity index (χ1) is 13.8. The smallest absolute Gasteiger partial charge is 0.279 e. The van der Waals surface area contributed by atoms with E-state index in [0.29, 0.717) is 22.2 Å². The Morgan fingerprint density at radius 2 is 1.97 bits per heavy atom. The van der Waals surface area contributed by atoms with Gasteiger partial charge in [0.05, 0.1) is 29.7 Å². The molecule has 2 aliphatic rings. The van der Waals surface area contributed by atoms with Crippen LogP contribution in [0.4, 0.5) is 10.1 Å². The highest BCUT2D eigenvalue weighted by atomic mass is 35.5. The number of amidine groups is 1. The van der Waals surface area contributed by atoms with E-state index in [2.05, 4.69) is 4.99 Å². The maximum Gasteiger partial charge on any atom is 0.279 e. The number of amides is 1. The fourth-order valence-corrected chi connectivity index (χ4v) is 7.47. The molecule has 6 nitrogen and oxygen atoms in total. The molecule has 2 saturated heterocycles. The summed E-state index contributed by atoms with van der Waals surface area (Å²) in [5.41, 5.74) is 0.871. The van der Waals surface area contributed by atoms with Gasteiger partial charge in [0.2, 0.25) is 0 Å². The summed E-state index contributed by atoms with van der Waals surface area (Å²) in [6, 6.07) is 10.3. The van der Waals surface area contributed by atoms with E-state index in [0.717, 1.165) is 0 Å². The van der Waals surface area contributed by atoms with Crippen LogP contribution in [-0.4, -0.2) is 49.4 Å². The quantitative estimate of drug-likeness (QED) is 0.707. The molecular formula is C19H16ClFN2O4S2. The number of fused-ring (bicyclic) bond motifs is 1. The van der Waals surface area contributed by atoms with Gasteiger partial charge in [-0.05, 0) is 42.5 Å². The van der Waals surface area contributed by atoms with Crippen molar-refractivity contribution in [2.45, 2.75) is 11.3 Å². The van der Waals surface area contributed by atoms with E-state index in [1.54, 1.807) is 29.2 Å². The van der Waals surface area contributed by atoms with Crippen LogP contribution in [0.5, 0.6) is 5.75 Å². The summed E-state index contributed by atoms with van der Waals surface area (Å²) in [5.74, 6) is -0.479. The lowest BCUT2D eigenvalue weighted by atomic mass is 10.2. The molecule has 29 heavy (non-hydrogen) atoms. The van der Waals surface area contributed by atoms with Crippen molar-refractivity contribution in [1.29, 1.82) is 0 Å². The summed E-state index contributed by atoms with van der Waals surface area (Å²) >= 11 is 7.17. The minimum Gasteiger partial charge on any atom is -0.497 e. The van der Waals surface area contributed by atoms with Gasteiger partial charge in [-0.1, -0.05) is 23.4 Å². The van der Waals surface area contributed by atoms with E-state index in [1.807, 2.05) is 0 Å². The number of benzene rings is 2. The van der Waals surface area contributed by atoms with E-state index < -0.39 is 27.6 Å². The van der Waals surface area contributed by atoms with Crippen LogP contribution in [0.1, 0.15) is 10.4 Å². The number of carbonyl (C=O) groups is 1. The summed E-state index contributed by atoms with van der Waals surface area (Å²) in [4.78, 5) is 18.6. The second kappa shape index (κ2) is 7.62. The first kappa shape index (κ1) is 20.2. The lowest BCUT2D eigenvalue weighted by molar-refractivity contribution is 0.100. The summed E-state index contributed by atoms with van der Waals surface area (Å²) in [6.45, 7) is 0. The predicted molar refractivity (Wildman–Crippen MR) is 112 cm³/mol. The zero-order valence-electron chi connectivity index (χ0n) is 15.2. The molecule has 2 fully saturated rings. The maximum absolute atomic E-state index is 13.6. The van der Waals surface area contributed by atoms with Gasteiger partial charge in [0, 0.05) is 16.5 Å². The molecule has 0 bridgehead atoms. The van der Waals surface area contributed by atoms with Crippen molar-refractivity contribution in [3.63, 3.8) is 0 Å². The number of methoxy groups -OCH3 is 1. The predicted octanol–water partition coefficient (Wildman–Crippen LogP) is 3.40. The third-order valence-electron chi connectivity index (χ3n) is 4.78. The molecule has 1 amide bonds. The molecule has 2 aliphatic heterocycles. The normalized spacial score (nSPS) is 24.0. The van der Waals surface area contributed by atoms with E-state index in [9.17, 15) is 17.6 Å². The van der Waals surface area contributed by atoms with E-state index in [4.69, 9.17) is 16.3 Å². The molecule has 0 radical (unpaired) electrons. The summed E-state index contributed by atoms with van der Waals surface area (Å²) in [6.07, 6.45) is 0. The van der Waals surface area contributed by atoms with Crippen LogP contribution in [-0.2, 0) is 9.84 Å². The maximum atomic E-state index is 13.6. The van der Waals surface area contributed by atoms with Gasteiger partial charge < -0.3 is 9.64 Å². The van der Waals surface area contributed by atoms with E-state index in [-0.39, 0.29) is 21.8 Å². The number of aliphatic imine (C=N–C) groups is 1. The summed E-state index contributed by atoms with van der Waals surface area (Å²) in [7, 11) is -1.67. The number of hydrogen-bond acceptors (Lipinski definition) is 5.